The summed E-state index contributed by atoms with van der Waals surface area (Å²) in [6.07, 6.45) is 2.06. The van der Waals surface area contributed by atoms with Crippen molar-refractivity contribution in [2.75, 3.05) is 7.11 Å². The monoisotopic (exact) mass is 294 g/mol. The van der Waals surface area contributed by atoms with E-state index in [0.29, 0.717) is 18.1 Å². The third kappa shape index (κ3) is 3.51. The number of carbonyl (C=O) groups is 1. The van der Waals surface area contributed by atoms with Gasteiger partial charge in [0.15, 0.2) is 0 Å². The topological polar surface area (TPSA) is 64.4 Å². The molecule has 0 bridgehead atoms. The summed E-state index contributed by atoms with van der Waals surface area (Å²) >= 11 is 6.20. The Kier molecular flexibility index (Phi) is 4.63. The highest BCUT2D eigenvalue weighted by atomic mass is 35.5. The van der Waals surface area contributed by atoms with Crippen LogP contribution in [0.4, 0.5) is 0 Å². The van der Waals surface area contributed by atoms with Crippen LogP contribution in [0.3, 0.4) is 0 Å². The number of hydrogen-bond donors (Lipinski definition) is 1. The lowest BCUT2D eigenvalue weighted by Crippen LogP contribution is -2.02. The molecule has 0 aliphatic heterocycles. The Morgan fingerprint density at radius 3 is 2.70 bits per heavy atom. The van der Waals surface area contributed by atoms with Gasteiger partial charge < -0.3 is 9.84 Å². The molecule has 0 aliphatic carbocycles. The molecule has 20 heavy (non-hydrogen) atoms. The Bertz CT molecular complexity index is 593. The van der Waals surface area contributed by atoms with Gasteiger partial charge in [-0.15, -0.1) is 0 Å². The first-order valence-electron chi connectivity index (χ1n) is 6.15. The van der Waals surface area contributed by atoms with E-state index in [2.05, 4.69) is 5.10 Å². The van der Waals surface area contributed by atoms with E-state index in [1.54, 1.807) is 18.0 Å². The molecule has 0 amide bonds. The fourth-order valence-electron chi connectivity index (χ4n) is 1.83. The normalized spacial score (nSPS) is 10.5. The van der Waals surface area contributed by atoms with Crippen molar-refractivity contribution in [2.24, 2.45) is 0 Å². The zero-order chi connectivity index (χ0) is 14.5. The van der Waals surface area contributed by atoms with Crippen molar-refractivity contribution < 1.29 is 14.6 Å². The van der Waals surface area contributed by atoms with Gasteiger partial charge in [0.25, 0.3) is 0 Å². The van der Waals surface area contributed by atoms with Gasteiger partial charge in [0.05, 0.1) is 19.9 Å². The minimum atomic E-state index is -0.844. The van der Waals surface area contributed by atoms with Crippen molar-refractivity contribution >= 4 is 17.6 Å². The van der Waals surface area contributed by atoms with Crippen molar-refractivity contribution in [3.8, 4) is 5.75 Å². The van der Waals surface area contributed by atoms with Crippen molar-refractivity contribution in [3.63, 3.8) is 0 Å². The molecule has 0 atom stereocenters. The minimum Gasteiger partial charge on any atom is -0.497 e. The van der Waals surface area contributed by atoms with Gasteiger partial charge in [0.1, 0.15) is 10.9 Å². The van der Waals surface area contributed by atoms with Gasteiger partial charge in [0, 0.05) is 12.0 Å². The SMILES string of the molecule is COc1ccc(Cn2ncc(CCC(=O)O)c2Cl)cc1. The van der Waals surface area contributed by atoms with Crippen LogP contribution in [0.25, 0.3) is 0 Å². The summed E-state index contributed by atoms with van der Waals surface area (Å²) in [5, 5.41) is 13.4. The van der Waals surface area contributed by atoms with Gasteiger partial charge in [0.2, 0.25) is 0 Å². The maximum absolute atomic E-state index is 10.6. The number of aromatic nitrogens is 2. The first-order chi connectivity index (χ1) is 9.60. The highest BCUT2D eigenvalue weighted by Gasteiger charge is 2.10. The molecule has 0 radical (unpaired) electrons. The van der Waals surface area contributed by atoms with Crippen molar-refractivity contribution in [1.29, 1.82) is 0 Å². The van der Waals surface area contributed by atoms with Crippen LogP contribution in [-0.2, 0) is 17.8 Å². The van der Waals surface area contributed by atoms with Crippen LogP contribution in [0.1, 0.15) is 17.5 Å². The summed E-state index contributed by atoms with van der Waals surface area (Å²) in [4.78, 5) is 10.6. The summed E-state index contributed by atoms with van der Waals surface area (Å²) in [6.45, 7) is 0.538. The third-order valence-corrected chi connectivity index (χ3v) is 3.38. The Hall–Kier alpha value is -2.01. The molecule has 0 aliphatic rings. The molecule has 0 saturated heterocycles. The van der Waals surface area contributed by atoms with Gasteiger partial charge in [-0.2, -0.15) is 5.10 Å². The number of carboxylic acid groups (broad SMARTS) is 1. The predicted octanol–water partition coefficient (Wildman–Crippen LogP) is 2.61. The van der Waals surface area contributed by atoms with E-state index in [0.717, 1.165) is 16.9 Å². The molecular weight excluding hydrogens is 280 g/mol. The van der Waals surface area contributed by atoms with E-state index in [-0.39, 0.29) is 6.42 Å². The summed E-state index contributed by atoms with van der Waals surface area (Å²) in [6, 6.07) is 7.62. The predicted molar refractivity (Wildman–Crippen MR) is 75.3 cm³/mol. The quantitative estimate of drug-likeness (QED) is 0.889. The lowest BCUT2D eigenvalue weighted by molar-refractivity contribution is -0.136. The van der Waals surface area contributed by atoms with Gasteiger partial charge in [-0.1, -0.05) is 23.7 Å². The van der Waals surface area contributed by atoms with E-state index in [4.69, 9.17) is 21.4 Å². The zero-order valence-electron chi connectivity index (χ0n) is 11.0. The smallest absolute Gasteiger partial charge is 0.303 e. The van der Waals surface area contributed by atoms with Crippen LogP contribution in [0.2, 0.25) is 5.15 Å². The van der Waals surface area contributed by atoms with Gasteiger partial charge in [-0.05, 0) is 24.1 Å². The van der Waals surface area contributed by atoms with Crippen LogP contribution >= 0.6 is 11.6 Å². The number of ether oxygens (including phenoxy) is 1. The number of aryl methyl sites for hydroxylation is 1. The first-order valence-corrected chi connectivity index (χ1v) is 6.53. The van der Waals surface area contributed by atoms with E-state index in [1.807, 2.05) is 24.3 Å². The lowest BCUT2D eigenvalue weighted by Gasteiger charge is -2.05. The Labute approximate surface area is 121 Å². The highest BCUT2D eigenvalue weighted by Crippen LogP contribution is 2.19. The minimum absolute atomic E-state index is 0.0496. The number of hydrogen-bond acceptors (Lipinski definition) is 3. The molecular formula is C14H15ClN2O3. The third-order valence-electron chi connectivity index (χ3n) is 2.94. The molecule has 1 heterocycles. The Morgan fingerprint density at radius 2 is 2.10 bits per heavy atom. The van der Waals surface area contributed by atoms with E-state index in [9.17, 15) is 4.79 Å². The highest BCUT2D eigenvalue weighted by molar-refractivity contribution is 6.30. The second-order valence-corrected chi connectivity index (χ2v) is 4.72. The largest absolute Gasteiger partial charge is 0.497 e. The summed E-state index contributed by atoms with van der Waals surface area (Å²) < 4.78 is 6.75. The number of methoxy groups -OCH3 is 1. The average Bonchev–Trinajstić information content (AvgIpc) is 2.78. The number of halogens is 1. The van der Waals surface area contributed by atoms with Crippen LogP contribution in [-0.4, -0.2) is 28.0 Å². The molecule has 0 unspecified atom stereocenters. The van der Waals surface area contributed by atoms with E-state index in [1.165, 1.54) is 0 Å². The van der Waals surface area contributed by atoms with Gasteiger partial charge in [-0.25, -0.2) is 4.68 Å². The molecule has 1 N–H and O–H groups in total. The molecule has 6 heteroatoms. The average molecular weight is 295 g/mol. The van der Waals surface area contributed by atoms with Crippen LogP contribution in [0.5, 0.6) is 5.75 Å². The van der Waals surface area contributed by atoms with Gasteiger partial charge >= 0.3 is 5.97 Å². The maximum Gasteiger partial charge on any atom is 0.303 e. The number of rotatable bonds is 6. The molecule has 2 aromatic rings. The molecule has 0 spiro atoms. The fraction of sp³-hybridized carbons (Fsp3) is 0.286. The molecule has 106 valence electrons. The van der Waals surface area contributed by atoms with Gasteiger partial charge in [-0.3, -0.25) is 4.79 Å². The fourth-order valence-corrected chi connectivity index (χ4v) is 2.08. The number of benzene rings is 1. The van der Waals surface area contributed by atoms with Crippen LogP contribution in [0.15, 0.2) is 30.5 Å². The standard InChI is InChI=1S/C14H15ClN2O3/c1-20-12-5-2-10(3-6-12)9-17-14(15)11(8-16-17)4-7-13(18)19/h2-3,5-6,8H,4,7,9H2,1H3,(H,18,19). The molecule has 1 aromatic heterocycles. The summed E-state index contributed by atoms with van der Waals surface area (Å²) in [5.41, 5.74) is 1.79. The van der Waals surface area contributed by atoms with E-state index >= 15 is 0 Å². The first kappa shape index (κ1) is 14.4. The molecule has 0 saturated carbocycles. The number of carboxylic acids is 1. The molecule has 2 rings (SSSR count). The Morgan fingerprint density at radius 1 is 1.40 bits per heavy atom. The summed E-state index contributed by atoms with van der Waals surface area (Å²) in [7, 11) is 1.62. The molecule has 1 aromatic carbocycles. The second-order valence-electron chi connectivity index (χ2n) is 4.36. The Balaban J connectivity index is 2.07. The van der Waals surface area contributed by atoms with Crippen molar-refractivity contribution in [2.45, 2.75) is 19.4 Å². The van der Waals surface area contributed by atoms with E-state index < -0.39 is 5.97 Å². The number of nitrogens with zero attached hydrogens (tertiary/aromatic N) is 2. The zero-order valence-corrected chi connectivity index (χ0v) is 11.8. The second kappa shape index (κ2) is 6.43. The van der Waals surface area contributed by atoms with Crippen LogP contribution < -0.4 is 4.74 Å². The number of aliphatic carboxylic acids is 1. The molecule has 0 fully saturated rings. The van der Waals surface area contributed by atoms with Crippen molar-refractivity contribution in [1.82, 2.24) is 9.78 Å². The maximum atomic E-state index is 10.6. The van der Waals surface area contributed by atoms with Crippen LogP contribution in [0, 0.1) is 0 Å². The summed E-state index contributed by atoms with van der Waals surface area (Å²) in [5.74, 6) is -0.0496. The van der Waals surface area contributed by atoms with Crippen molar-refractivity contribution in [3.05, 3.63) is 46.7 Å². The molecule has 5 nitrogen and oxygen atoms in total. The lowest BCUT2D eigenvalue weighted by atomic mass is 10.2.